The van der Waals surface area contributed by atoms with Crippen LogP contribution in [0.15, 0.2) is 43.0 Å². The fourth-order valence-electron chi connectivity index (χ4n) is 1.89. The van der Waals surface area contributed by atoms with Gasteiger partial charge in [-0.1, -0.05) is 6.07 Å². The lowest BCUT2D eigenvalue weighted by Gasteiger charge is -2.04. The Bertz CT molecular complexity index is 682. The van der Waals surface area contributed by atoms with Crippen LogP contribution in [0.3, 0.4) is 0 Å². The minimum absolute atomic E-state index is 0.592. The molecule has 3 rings (SSSR count). The Morgan fingerprint density at radius 3 is 2.84 bits per heavy atom. The number of nitrogens with two attached hydrogens (primary N) is 1. The molecule has 0 saturated heterocycles. The summed E-state index contributed by atoms with van der Waals surface area (Å²) in [4.78, 5) is 8.35. The molecule has 0 aliphatic heterocycles. The van der Waals surface area contributed by atoms with E-state index >= 15 is 0 Å². The first-order valence-electron chi connectivity index (χ1n) is 5.94. The average Bonchev–Trinajstić information content (AvgIpc) is 2.99. The molecule has 6 nitrogen and oxygen atoms in total. The quantitative estimate of drug-likeness (QED) is 0.764. The number of hydrogen-bond donors (Lipinski definition) is 1. The molecule has 3 aromatic heterocycles. The van der Waals surface area contributed by atoms with Gasteiger partial charge in [0.25, 0.3) is 0 Å². The average molecular weight is 254 g/mol. The van der Waals surface area contributed by atoms with E-state index in [0.717, 1.165) is 17.1 Å². The van der Waals surface area contributed by atoms with E-state index in [1.165, 1.54) is 0 Å². The smallest absolute Gasteiger partial charge is 0.122 e. The molecule has 19 heavy (non-hydrogen) atoms. The summed E-state index contributed by atoms with van der Waals surface area (Å²) in [6.07, 6.45) is 5.31. The molecule has 6 heteroatoms. The number of pyridine rings is 1. The van der Waals surface area contributed by atoms with Gasteiger partial charge >= 0.3 is 0 Å². The predicted octanol–water partition coefficient (Wildman–Crippen LogP) is 1.31. The van der Waals surface area contributed by atoms with Gasteiger partial charge in [-0.2, -0.15) is 5.10 Å². The van der Waals surface area contributed by atoms with Gasteiger partial charge in [-0.3, -0.25) is 4.98 Å². The molecular weight excluding hydrogens is 240 g/mol. The molecule has 0 saturated carbocycles. The topological polar surface area (TPSA) is 74.5 Å². The van der Waals surface area contributed by atoms with E-state index in [-0.39, 0.29) is 0 Å². The van der Waals surface area contributed by atoms with Gasteiger partial charge in [-0.05, 0) is 12.1 Å². The summed E-state index contributed by atoms with van der Waals surface area (Å²) in [6.45, 7) is 0.592. The Morgan fingerprint density at radius 1 is 1.26 bits per heavy atom. The molecule has 3 aromatic rings. The first kappa shape index (κ1) is 11.5. The van der Waals surface area contributed by atoms with Crippen LogP contribution in [0.5, 0.6) is 0 Å². The van der Waals surface area contributed by atoms with Crippen LogP contribution in [0.2, 0.25) is 0 Å². The zero-order valence-corrected chi connectivity index (χ0v) is 10.6. The second kappa shape index (κ2) is 4.56. The molecule has 3 heterocycles. The number of nitrogen functional groups attached to an aromatic ring is 1. The van der Waals surface area contributed by atoms with Crippen LogP contribution in [0.25, 0.3) is 11.4 Å². The minimum atomic E-state index is 0.592. The largest absolute Gasteiger partial charge is 0.384 e. The molecule has 0 bridgehead atoms. The third-order valence-corrected chi connectivity index (χ3v) is 2.97. The van der Waals surface area contributed by atoms with E-state index in [1.807, 2.05) is 42.1 Å². The van der Waals surface area contributed by atoms with Crippen molar-refractivity contribution in [2.24, 2.45) is 7.05 Å². The number of nitrogens with zero attached hydrogens (tertiary/aromatic N) is 5. The molecule has 0 atom stereocenters. The second-order valence-electron chi connectivity index (χ2n) is 4.32. The fourth-order valence-corrected chi connectivity index (χ4v) is 1.89. The van der Waals surface area contributed by atoms with Gasteiger partial charge < -0.3 is 10.3 Å². The van der Waals surface area contributed by atoms with Crippen molar-refractivity contribution in [1.29, 1.82) is 0 Å². The van der Waals surface area contributed by atoms with Gasteiger partial charge in [0.2, 0.25) is 0 Å². The van der Waals surface area contributed by atoms with Crippen molar-refractivity contribution in [3.63, 3.8) is 0 Å². The van der Waals surface area contributed by atoms with Crippen molar-refractivity contribution in [2.75, 3.05) is 5.73 Å². The summed E-state index contributed by atoms with van der Waals surface area (Å²) in [5, 5.41) is 4.48. The van der Waals surface area contributed by atoms with Crippen LogP contribution in [-0.4, -0.2) is 24.3 Å². The highest BCUT2D eigenvalue weighted by Gasteiger charge is 2.09. The van der Waals surface area contributed by atoms with E-state index in [9.17, 15) is 0 Å². The number of anilines is 1. The molecule has 0 amide bonds. The number of hydrogen-bond acceptors (Lipinski definition) is 4. The molecular formula is C13H14N6. The van der Waals surface area contributed by atoms with E-state index in [2.05, 4.69) is 15.1 Å². The Morgan fingerprint density at radius 2 is 2.16 bits per heavy atom. The Hall–Kier alpha value is -2.63. The molecule has 0 spiro atoms. The second-order valence-corrected chi connectivity index (χ2v) is 4.32. The fraction of sp³-hybridized carbons (Fsp3) is 0.154. The lowest BCUT2D eigenvalue weighted by molar-refractivity contribution is 0.658. The summed E-state index contributed by atoms with van der Waals surface area (Å²) >= 11 is 0. The van der Waals surface area contributed by atoms with Gasteiger partial charge in [-0.25, -0.2) is 9.67 Å². The molecule has 0 fully saturated rings. The van der Waals surface area contributed by atoms with Crippen molar-refractivity contribution >= 4 is 5.82 Å². The number of aromatic nitrogens is 5. The Labute approximate surface area is 110 Å². The first-order valence-corrected chi connectivity index (χ1v) is 5.94. The monoisotopic (exact) mass is 254 g/mol. The Balaban J connectivity index is 1.92. The van der Waals surface area contributed by atoms with Crippen molar-refractivity contribution in [3.8, 4) is 11.4 Å². The van der Waals surface area contributed by atoms with Crippen molar-refractivity contribution in [2.45, 2.75) is 6.54 Å². The zero-order valence-electron chi connectivity index (χ0n) is 10.6. The van der Waals surface area contributed by atoms with Gasteiger partial charge in [0.15, 0.2) is 0 Å². The first-order chi connectivity index (χ1) is 9.24. The molecule has 0 aliphatic carbocycles. The number of rotatable bonds is 3. The molecule has 0 aliphatic rings. The highest BCUT2D eigenvalue weighted by atomic mass is 15.3. The van der Waals surface area contributed by atoms with Crippen LogP contribution < -0.4 is 5.73 Å². The molecule has 2 N–H and O–H groups in total. The van der Waals surface area contributed by atoms with Crippen LogP contribution in [0, 0.1) is 0 Å². The minimum Gasteiger partial charge on any atom is -0.384 e. The van der Waals surface area contributed by atoms with Crippen LogP contribution in [-0.2, 0) is 13.6 Å². The van der Waals surface area contributed by atoms with E-state index < -0.39 is 0 Å². The van der Waals surface area contributed by atoms with Crippen LogP contribution >= 0.6 is 0 Å². The van der Waals surface area contributed by atoms with Crippen molar-refractivity contribution < 1.29 is 0 Å². The lowest BCUT2D eigenvalue weighted by Crippen LogP contribution is -2.08. The Kier molecular flexibility index (Phi) is 2.75. The number of aryl methyl sites for hydroxylation is 1. The summed E-state index contributed by atoms with van der Waals surface area (Å²) in [5.74, 6) is 0.613. The molecule has 0 aromatic carbocycles. The van der Waals surface area contributed by atoms with Crippen LogP contribution in [0.1, 0.15) is 5.69 Å². The van der Waals surface area contributed by atoms with Gasteiger partial charge in [0.05, 0.1) is 30.5 Å². The third-order valence-electron chi connectivity index (χ3n) is 2.97. The van der Waals surface area contributed by atoms with Gasteiger partial charge in [0.1, 0.15) is 11.5 Å². The maximum Gasteiger partial charge on any atom is 0.122 e. The molecule has 0 radical (unpaired) electrons. The highest BCUT2D eigenvalue weighted by Crippen LogP contribution is 2.18. The lowest BCUT2D eigenvalue weighted by atomic mass is 10.3. The molecule has 0 unspecified atom stereocenters. The van der Waals surface area contributed by atoms with Crippen molar-refractivity contribution in [1.82, 2.24) is 24.3 Å². The zero-order chi connectivity index (χ0) is 13.2. The van der Waals surface area contributed by atoms with Gasteiger partial charge in [-0.15, -0.1) is 0 Å². The van der Waals surface area contributed by atoms with E-state index in [0.29, 0.717) is 12.4 Å². The van der Waals surface area contributed by atoms with E-state index in [4.69, 9.17) is 5.73 Å². The summed E-state index contributed by atoms with van der Waals surface area (Å²) in [5.41, 5.74) is 8.63. The van der Waals surface area contributed by atoms with Crippen LogP contribution in [0.4, 0.5) is 5.82 Å². The standard InChI is InChI=1S/C13H14N6/c1-18-9-15-7-10(18)8-19-13(14)6-12(17-19)11-4-2-3-5-16-11/h2-7,9H,8,14H2,1H3. The van der Waals surface area contributed by atoms with Gasteiger partial charge in [0, 0.05) is 19.3 Å². The van der Waals surface area contributed by atoms with Crippen molar-refractivity contribution in [3.05, 3.63) is 48.7 Å². The van der Waals surface area contributed by atoms with E-state index in [1.54, 1.807) is 17.2 Å². The summed E-state index contributed by atoms with van der Waals surface area (Å²) in [6, 6.07) is 7.55. The summed E-state index contributed by atoms with van der Waals surface area (Å²) < 4.78 is 3.70. The SMILES string of the molecule is Cn1cncc1Cn1nc(-c2ccccn2)cc1N. The summed E-state index contributed by atoms with van der Waals surface area (Å²) in [7, 11) is 1.95. The maximum atomic E-state index is 5.99. The molecule has 96 valence electrons. The maximum absolute atomic E-state index is 5.99. The highest BCUT2D eigenvalue weighted by molar-refractivity contribution is 5.57. The number of imidazole rings is 1. The predicted molar refractivity (Wildman–Crippen MR) is 72.2 cm³/mol. The third kappa shape index (κ3) is 2.20. The normalized spacial score (nSPS) is 10.8.